The van der Waals surface area contributed by atoms with Crippen LogP contribution in [-0.4, -0.2) is 7.11 Å². The molecule has 0 aromatic heterocycles. The van der Waals surface area contributed by atoms with Crippen LogP contribution in [0.25, 0.3) is 130 Å². The molecule has 0 aliphatic rings. The number of ether oxygens (including phenoxy) is 1. The number of anilines is 9. The Hall–Kier alpha value is -14.8. The molecule has 21 aromatic rings. The van der Waals surface area contributed by atoms with E-state index in [1.165, 1.54) is 153 Å². The van der Waals surface area contributed by atoms with Crippen molar-refractivity contribution in [2.45, 2.75) is 13.8 Å². The molecule has 0 saturated heterocycles. The summed E-state index contributed by atoms with van der Waals surface area (Å²) in [5.74, 6) is 0.838. The molecule has 4 heteroatoms. The summed E-state index contributed by atoms with van der Waals surface area (Å²) in [6, 6.07) is 158. The Morgan fingerprint density at radius 2 is 0.426 bits per heavy atom. The fourth-order valence-electron chi connectivity index (χ4n) is 16.9. The second-order valence-corrected chi connectivity index (χ2v) is 29.6. The van der Waals surface area contributed by atoms with Gasteiger partial charge in [0.25, 0.3) is 0 Å². The summed E-state index contributed by atoms with van der Waals surface area (Å²) in [6.45, 7) is 4.30. The van der Waals surface area contributed by atoms with E-state index in [-0.39, 0.29) is 0 Å². The van der Waals surface area contributed by atoms with Gasteiger partial charge in [0.1, 0.15) is 5.75 Å². The van der Waals surface area contributed by atoms with Crippen LogP contribution in [0.15, 0.2) is 437 Å². The Balaban J connectivity index is 0.000000115. The monoisotopic (exact) mass is 1470 g/mol. The van der Waals surface area contributed by atoms with Gasteiger partial charge in [-0.25, -0.2) is 0 Å². The van der Waals surface area contributed by atoms with E-state index in [2.05, 4.69) is 453 Å². The van der Waals surface area contributed by atoms with Gasteiger partial charge in [-0.05, 0) is 236 Å². The van der Waals surface area contributed by atoms with E-state index >= 15 is 0 Å². The number of hydrogen-bond donors (Lipinski definition) is 0. The fraction of sp³-hybridized carbons (Fsp3) is 0.0270. The van der Waals surface area contributed by atoms with Crippen molar-refractivity contribution in [3.8, 4) is 39.1 Å². The van der Waals surface area contributed by atoms with Gasteiger partial charge in [0.15, 0.2) is 0 Å². The van der Waals surface area contributed by atoms with E-state index < -0.39 is 0 Å². The molecule has 0 spiro atoms. The molecular formula is C111H81N3O. The summed E-state index contributed by atoms with van der Waals surface area (Å²) in [6.07, 6.45) is 0. The molecule has 0 heterocycles. The van der Waals surface area contributed by atoms with Crippen LogP contribution in [0.1, 0.15) is 11.1 Å². The zero-order valence-electron chi connectivity index (χ0n) is 64.3. The average molecular weight is 1470 g/mol. The van der Waals surface area contributed by atoms with Gasteiger partial charge < -0.3 is 19.4 Å². The predicted molar refractivity (Wildman–Crippen MR) is 493 cm³/mol. The number of benzene rings is 21. The summed E-state index contributed by atoms with van der Waals surface area (Å²) in [4.78, 5) is 7.20. The Bertz CT molecular complexity index is 7190. The van der Waals surface area contributed by atoms with Crippen LogP contribution >= 0.6 is 0 Å². The van der Waals surface area contributed by atoms with E-state index in [0.29, 0.717) is 0 Å². The first-order chi connectivity index (χ1) is 56.8. The minimum atomic E-state index is 0.838. The lowest BCUT2D eigenvalue weighted by atomic mass is 9.91. The second-order valence-electron chi connectivity index (χ2n) is 29.6. The molecule has 0 unspecified atom stereocenters. The molecular weight excluding hydrogens is 1390 g/mol. The van der Waals surface area contributed by atoms with Crippen molar-refractivity contribution in [1.82, 2.24) is 0 Å². The highest BCUT2D eigenvalue weighted by atomic mass is 16.5. The standard InChI is InChI=1S/C37H27NO.2C37H27N/c1-39-32-22-20-30(21-23-32)38(31-19-17-26-9-2-3-12-29(26)25-31)36-24-18-28-11-5-7-15-34(28)37(36)35-16-8-13-27-10-4-6-14-33(27)35;1-26-10-8-16-31(24-26)38(32-22-20-27-11-2-3-14-30(27)25-32)36-23-21-29-13-5-7-18-34(29)37(36)35-19-9-15-28-12-4-6-17-33(28)35;1-26-17-21-31(22-18-26)38(32-23-19-27-9-2-3-12-30(27)25-32)36-24-20-29-11-5-7-15-34(29)37(36)35-16-8-13-28-10-4-6-14-33(28)35/h2-25H,1H3;2*2-25H,1H3. The molecule has 0 atom stereocenters. The van der Waals surface area contributed by atoms with Crippen LogP contribution in [0.4, 0.5) is 51.2 Å². The molecule has 115 heavy (non-hydrogen) atoms. The lowest BCUT2D eigenvalue weighted by molar-refractivity contribution is 0.415. The summed E-state index contributed by atoms with van der Waals surface area (Å²) in [7, 11) is 1.71. The Kier molecular flexibility index (Phi) is 19.1. The molecule has 21 rings (SSSR count). The minimum Gasteiger partial charge on any atom is -0.497 e. The Morgan fingerprint density at radius 1 is 0.174 bits per heavy atom. The minimum absolute atomic E-state index is 0.838. The lowest BCUT2D eigenvalue weighted by Crippen LogP contribution is -2.11. The van der Waals surface area contributed by atoms with Crippen LogP contribution in [0.2, 0.25) is 0 Å². The third-order valence-corrected chi connectivity index (χ3v) is 22.5. The smallest absolute Gasteiger partial charge is 0.119 e. The van der Waals surface area contributed by atoms with Gasteiger partial charge in [0.2, 0.25) is 0 Å². The normalized spacial score (nSPS) is 11.3. The van der Waals surface area contributed by atoms with Gasteiger partial charge in [-0.2, -0.15) is 0 Å². The molecule has 0 fully saturated rings. The van der Waals surface area contributed by atoms with E-state index in [9.17, 15) is 0 Å². The molecule has 0 bridgehead atoms. The van der Waals surface area contributed by atoms with Crippen molar-refractivity contribution in [2.24, 2.45) is 0 Å². The number of nitrogens with zero attached hydrogens (tertiary/aromatic N) is 3. The molecule has 0 N–H and O–H groups in total. The van der Waals surface area contributed by atoms with Crippen molar-refractivity contribution >= 4 is 148 Å². The van der Waals surface area contributed by atoms with E-state index in [4.69, 9.17) is 4.74 Å². The SMILES string of the molecule is COc1ccc(N(c2ccc3ccccc3c2)c2ccc3ccccc3c2-c2cccc3ccccc23)cc1.Cc1ccc(N(c2ccc3ccccc3c2)c2ccc3ccccc3c2-c2cccc3ccccc23)cc1.Cc1cccc(N(c2ccc3ccccc3c2)c2ccc3ccccc3c2-c2cccc3ccccc23)c1. The summed E-state index contributed by atoms with van der Waals surface area (Å²) < 4.78 is 5.50. The molecule has 0 saturated carbocycles. The van der Waals surface area contributed by atoms with Crippen molar-refractivity contribution in [1.29, 1.82) is 0 Å². The van der Waals surface area contributed by atoms with Gasteiger partial charge in [0.05, 0.1) is 24.2 Å². The topological polar surface area (TPSA) is 19.0 Å². The maximum absolute atomic E-state index is 5.50. The molecule has 0 amide bonds. The third-order valence-electron chi connectivity index (χ3n) is 22.5. The third kappa shape index (κ3) is 13.8. The second kappa shape index (κ2) is 31.1. The molecule has 0 radical (unpaired) electrons. The highest BCUT2D eigenvalue weighted by Crippen LogP contribution is 2.51. The fourth-order valence-corrected chi connectivity index (χ4v) is 16.9. The van der Waals surface area contributed by atoms with Gasteiger partial charge in [-0.15, -0.1) is 0 Å². The number of aryl methyl sites for hydroxylation is 2. The number of fused-ring (bicyclic) bond motifs is 9. The van der Waals surface area contributed by atoms with E-state index in [1.54, 1.807) is 7.11 Å². The summed E-state index contributed by atoms with van der Waals surface area (Å²) in [5, 5.41) is 22.3. The maximum atomic E-state index is 5.50. The summed E-state index contributed by atoms with van der Waals surface area (Å²) >= 11 is 0. The van der Waals surface area contributed by atoms with Crippen LogP contribution < -0.4 is 19.4 Å². The number of hydrogen-bond acceptors (Lipinski definition) is 4. The number of methoxy groups -OCH3 is 1. The first-order valence-electron chi connectivity index (χ1n) is 39.5. The van der Waals surface area contributed by atoms with Crippen LogP contribution in [0.3, 0.4) is 0 Å². The first-order valence-corrected chi connectivity index (χ1v) is 39.5. The van der Waals surface area contributed by atoms with Crippen molar-refractivity contribution in [3.63, 3.8) is 0 Å². The Morgan fingerprint density at radius 3 is 0.765 bits per heavy atom. The first kappa shape index (κ1) is 70.5. The zero-order chi connectivity index (χ0) is 77.1. The van der Waals surface area contributed by atoms with E-state index in [1.807, 2.05) is 12.1 Å². The van der Waals surface area contributed by atoms with Gasteiger partial charge >= 0.3 is 0 Å². The highest BCUT2D eigenvalue weighted by molar-refractivity contribution is 6.15. The van der Waals surface area contributed by atoms with E-state index in [0.717, 1.165) is 45.6 Å². The largest absolute Gasteiger partial charge is 0.497 e. The molecule has 0 aliphatic carbocycles. The van der Waals surface area contributed by atoms with Crippen LogP contribution in [-0.2, 0) is 0 Å². The van der Waals surface area contributed by atoms with Crippen LogP contribution in [0.5, 0.6) is 5.75 Å². The molecule has 546 valence electrons. The van der Waals surface area contributed by atoms with Crippen molar-refractivity contribution in [3.05, 3.63) is 448 Å². The molecule has 21 aromatic carbocycles. The predicted octanol–water partition coefficient (Wildman–Crippen LogP) is 31.5. The Labute approximate surface area is 671 Å². The van der Waals surface area contributed by atoms with Crippen LogP contribution in [0, 0.1) is 13.8 Å². The number of rotatable bonds is 13. The summed E-state index contributed by atoms with van der Waals surface area (Å²) in [5.41, 5.74) is 20.1. The molecule has 4 nitrogen and oxygen atoms in total. The lowest BCUT2D eigenvalue weighted by Gasteiger charge is -2.29. The molecule has 0 aliphatic heterocycles. The van der Waals surface area contributed by atoms with Gasteiger partial charge in [0, 0.05) is 50.8 Å². The van der Waals surface area contributed by atoms with Gasteiger partial charge in [-0.3, -0.25) is 0 Å². The van der Waals surface area contributed by atoms with Crippen molar-refractivity contribution in [2.75, 3.05) is 21.8 Å². The van der Waals surface area contributed by atoms with Gasteiger partial charge in [-0.1, -0.05) is 339 Å². The van der Waals surface area contributed by atoms with Crippen molar-refractivity contribution < 1.29 is 4.74 Å². The quantitative estimate of drug-likeness (QED) is 0.115. The maximum Gasteiger partial charge on any atom is 0.119 e. The highest BCUT2D eigenvalue weighted by Gasteiger charge is 2.26. The zero-order valence-corrected chi connectivity index (χ0v) is 64.3. The average Bonchev–Trinajstić information content (AvgIpc) is 0.755.